The maximum Gasteiger partial charge on any atom is 0.339 e. The number of carbonyl (C=O) groups is 2. The number of carbonyl (C=O) groups excluding carboxylic acids is 2. The molecule has 0 fully saturated rings. The zero-order chi connectivity index (χ0) is 16.2. The van der Waals surface area contributed by atoms with Gasteiger partial charge >= 0.3 is 5.97 Å². The quantitative estimate of drug-likeness (QED) is 0.354. The number of rotatable bonds is 6. The summed E-state index contributed by atoms with van der Waals surface area (Å²) in [5.41, 5.74) is 10.2. The average Bonchev–Trinajstić information content (AvgIpc) is 2.43. The third kappa shape index (κ3) is 4.15. The largest absolute Gasteiger partial charge is 0.465 e. The van der Waals surface area contributed by atoms with Gasteiger partial charge in [-0.3, -0.25) is 4.79 Å². The summed E-state index contributed by atoms with van der Waals surface area (Å²) in [4.78, 5) is 21.9. The number of benzene rings is 1. The minimum atomic E-state index is -4.17. The van der Waals surface area contributed by atoms with Gasteiger partial charge in [-0.1, -0.05) is 0 Å². The van der Waals surface area contributed by atoms with Gasteiger partial charge in [0.2, 0.25) is 15.9 Å². The lowest BCUT2D eigenvalue weighted by molar-refractivity contribution is -0.125. The molecule has 116 valence electrons. The van der Waals surface area contributed by atoms with Gasteiger partial charge in [0.15, 0.2) is 0 Å². The molecule has 0 saturated carbocycles. The summed E-state index contributed by atoms with van der Waals surface area (Å²) in [6.07, 6.45) is -1.69. The van der Waals surface area contributed by atoms with Gasteiger partial charge in [0.25, 0.3) is 0 Å². The molecule has 1 atom stereocenters. The fourth-order valence-corrected chi connectivity index (χ4v) is 2.63. The van der Waals surface area contributed by atoms with Crippen LogP contribution in [0.1, 0.15) is 10.4 Å². The highest BCUT2D eigenvalue weighted by Crippen LogP contribution is 2.19. The summed E-state index contributed by atoms with van der Waals surface area (Å²) in [6.45, 7) is -0.622. The lowest BCUT2D eigenvalue weighted by Gasteiger charge is -2.12. The van der Waals surface area contributed by atoms with Gasteiger partial charge in [-0.15, -0.1) is 0 Å². The van der Waals surface area contributed by atoms with E-state index >= 15 is 0 Å². The van der Waals surface area contributed by atoms with Crippen molar-refractivity contribution in [2.75, 3.05) is 19.4 Å². The van der Waals surface area contributed by atoms with Gasteiger partial charge in [0, 0.05) is 12.2 Å². The lowest BCUT2D eigenvalue weighted by atomic mass is 10.2. The molecule has 0 aliphatic rings. The van der Waals surface area contributed by atoms with Crippen LogP contribution in [0, 0.1) is 0 Å². The lowest BCUT2D eigenvalue weighted by Crippen LogP contribution is -2.40. The predicted octanol–water partition coefficient (Wildman–Crippen LogP) is -1.82. The second-order valence-electron chi connectivity index (χ2n) is 4.02. The Hall–Kier alpha value is -2.17. The van der Waals surface area contributed by atoms with Crippen LogP contribution >= 0.6 is 0 Å². The van der Waals surface area contributed by atoms with Crippen LogP contribution in [-0.4, -0.2) is 45.2 Å². The topological polar surface area (TPSA) is 162 Å². The highest BCUT2D eigenvalue weighted by molar-refractivity contribution is 7.89. The number of ether oxygens (including phenoxy) is 1. The molecule has 0 aromatic heterocycles. The van der Waals surface area contributed by atoms with Crippen molar-refractivity contribution in [2.45, 2.75) is 11.0 Å². The molecule has 1 amide bonds. The summed E-state index contributed by atoms with van der Waals surface area (Å²) < 4.78 is 30.6. The number of aliphatic hydroxyl groups excluding tert-OH is 1. The Bertz CT molecular complexity index is 658. The zero-order valence-electron chi connectivity index (χ0n) is 11.1. The maximum atomic E-state index is 12.1. The number of aliphatic hydroxyl groups is 1. The van der Waals surface area contributed by atoms with Crippen LogP contribution in [0.25, 0.3) is 0 Å². The Morgan fingerprint density at radius 2 is 2.05 bits per heavy atom. The first kappa shape index (κ1) is 16.9. The molecule has 1 rings (SSSR count). The Balaban J connectivity index is 3.14. The number of hydrogen-bond acceptors (Lipinski definition) is 7. The number of nitrogens with one attached hydrogen (secondary N) is 1. The van der Waals surface area contributed by atoms with Crippen LogP contribution in [-0.2, 0) is 19.6 Å². The van der Waals surface area contributed by atoms with Crippen LogP contribution in [0.2, 0.25) is 0 Å². The van der Waals surface area contributed by atoms with Crippen LogP contribution in [0.5, 0.6) is 0 Å². The van der Waals surface area contributed by atoms with Crippen LogP contribution in [0.3, 0.4) is 0 Å². The average molecular weight is 317 g/mol. The number of esters is 1. The third-order valence-corrected chi connectivity index (χ3v) is 3.98. The van der Waals surface area contributed by atoms with Crippen LogP contribution < -0.4 is 16.2 Å². The molecule has 1 aromatic rings. The number of sulfonamides is 1. The minimum Gasteiger partial charge on any atom is -0.465 e. The molecule has 1 aromatic carbocycles. The number of anilines is 1. The Labute approximate surface area is 120 Å². The molecular weight excluding hydrogens is 302 g/mol. The van der Waals surface area contributed by atoms with Gasteiger partial charge < -0.3 is 21.3 Å². The van der Waals surface area contributed by atoms with E-state index in [1.807, 2.05) is 4.72 Å². The minimum absolute atomic E-state index is 0.173. The maximum absolute atomic E-state index is 12.1. The number of nitrogens with two attached hydrogens (primary N) is 2. The number of hydrogen-bond donors (Lipinski definition) is 4. The fourth-order valence-electron chi connectivity index (χ4n) is 1.42. The summed E-state index contributed by atoms with van der Waals surface area (Å²) in [5.74, 6) is -1.97. The number of methoxy groups -OCH3 is 1. The van der Waals surface area contributed by atoms with Crippen molar-refractivity contribution < 1.29 is 27.9 Å². The Morgan fingerprint density at radius 1 is 1.43 bits per heavy atom. The van der Waals surface area contributed by atoms with Gasteiger partial charge in [-0.05, 0) is 18.2 Å². The molecule has 0 saturated heterocycles. The standard InChI is InChI=1S/C11H15N3O6S/c1-20-11(17)7-4-6(12)2-3-9(7)21(18,19)14-5-8(15)10(13)16/h2-4,8,14-15H,5,12H2,1H3,(H2,13,16). The summed E-state index contributed by atoms with van der Waals surface area (Å²) in [7, 11) is -3.08. The van der Waals surface area contributed by atoms with E-state index in [9.17, 15) is 23.1 Å². The van der Waals surface area contributed by atoms with E-state index in [2.05, 4.69) is 4.74 Å². The molecule has 9 nitrogen and oxygen atoms in total. The molecule has 1 unspecified atom stereocenters. The zero-order valence-corrected chi connectivity index (χ0v) is 11.9. The van der Waals surface area contributed by atoms with E-state index in [0.717, 1.165) is 19.2 Å². The van der Waals surface area contributed by atoms with E-state index in [1.54, 1.807) is 0 Å². The summed E-state index contributed by atoms with van der Waals surface area (Å²) in [6, 6.07) is 3.54. The van der Waals surface area contributed by atoms with Crippen molar-refractivity contribution in [3.05, 3.63) is 23.8 Å². The molecule has 0 aliphatic heterocycles. The first-order chi connectivity index (χ1) is 9.69. The van der Waals surface area contributed by atoms with Crippen LogP contribution in [0.15, 0.2) is 23.1 Å². The van der Waals surface area contributed by atoms with E-state index in [0.29, 0.717) is 0 Å². The second kappa shape index (κ2) is 6.52. The monoisotopic (exact) mass is 317 g/mol. The van der Waals surface area contributed by atoms with Gasteiger partial charge in [0.05, 0.1) is 17.6 Å². The number of nitrogen functional groups attached to an aromatic ring is 1. The Morgan fingerprint density at radius 3 is 2.57 bits per heavy atom. The van der Waals surface area contributed by atoms with Gasteiger partial charge in [0.1, 0.15) is 6.10 Å². The first-order valence-electron chi connectivity index (χ1n) is 5.64. The molecule has 0 aliphatic carbocycles. The predicted molar refractivity (Wildman–Crippen MR) is 72.6 cm³/mol. The van der Waals surface area contributed by atoms with Crippen molar-refractivity contribution in [3.8, 4) is 0 Å². The van der Waals surface area contributed by atoms with Gasteiger partial charge in [-0.25, -0.2) is 17.9 Å². The first-order valence-corrected chi connectivity index (χ1v) is 7.12. The normalized spacial score (nSPS) is 12.7. The molecule has 0 heterocycles. The Kier molecular flexibility index (Phi) is 5.24. The van der Waals surface area contributed by atoms with E-state index in [-0.39, 0.29) is 16.1 Å². The molecule has 0 bridgehead atoms. The van der Waals surface area contributed by atoms with Gasteiger partial charge in [-0.2, -0.15) is 0 Å². The summed E-state index contributed by atoms with van der Waals surface area (Å²) >= 11 is 0. The molecule has 0 spiro atoms. The molecule has 0 radical (unpaired) electrons. The fraction of sp³-hybridized carbons (Fsp3) is 0.273. The highest BCUT2D eigenvalue weighted by atomic mass is 32.2. The van der Waals surface area contributed by atoms with Crippen molar-refractivity contribution in [3.63, 3.8) is 0 Å². The number of primary amides is 1. The van der Waals surface area contributed by atoms with Crippen molar-refractivity contribution in [2.24, 2.45) is 5.73 Å². The highest BCUT2D eigenvalue weighted by Gasteiger charge is 2.24. The number of amides is 1. The smallest absolute Gasteiger partial charge is 0.339 e. The molecule has 21 heavy (non-hydrogen) atoms. The van der Waals surface area contributed by atoms with Crippen molar-refractivity contribution in [1.29, 1.82) is 0 Å². The molecule has 6 N–H and O–H groups in total. The van der Waals surface area contributed by atoms with E-state index in [4.69, 9.17) is 11.5 Å². The van der Waals surface area contributed by atoms with Crippen LogP contribution in [0.4, 0.5) is 5.69 Å². The van der Waals surface area contributed by atoms with E-state index in [1.165, 1.54) is 6.07 Å². The molecule has 10 heteroatoms. The summed E-state index contributed by atoms with van der Waals surface area (Å²) in [5, 5.41) is 9.19. The van der Waals surface area contributed by atoms with Crippen molar-refractivity contribution >= 4 is 27.6 Å². The second-order valence-corrected chi connectivity index (χ2v) is 5.75. The molecular formula is C11H15N3O6S. The van der Waals surface area contributed by atoms with E-state index < -0.39 is 34.5 Å². The van der Waals surface area contributed by atoms with Crippen molar-refractivity contribution in [1.82, 2.24) is 4.72 Å². The third-order valence-electron chi connectivity index (χ3n) is 2.49. The SMILES string of the molecule is COC(=O)c1cc(N)ccc1S(=O)(=O)NCC(O)C(N)=O.